The highest BCUT2D eigenvalue weighted by atomic mass is 16.5. The van der Waals surface area contributed by atoms with Crippen LogP contribution >= 0.6 is 0 Å². The first-order valence-electron chi connectivity index (χ1n) is 8.89. The van der Waals surface area contributed by atoms with Crippen molar-refractivity contribution in [1.82, 2.24) is 9.97 Å². The van der Waals surface area contributed by atoms with E-state index in [0.29, 0.717) is 17.8 Å². The summed E-state index contributed by atoms with van der Waals surface area (Å²) in [4.78, 5) is 11.4. The average molecular weight is 362 g/mol. The third-order valence-corrected chi connectivity index (χ3v) is 4.73. The molecule has 27 heavy (non-hydrogen) atoms. The number of aromatic nitrogens is 2. The Kier molecular flexibility index (Phi) is 4.54. The van der Waals surface area contributed by atoms with Gasteiger partial charge in [-0.25, -0.2) is 4.98 Å². The number of nitrogens with one attached hydrogen (secondary N) is 1. The van der Waals surface area contributed by atoms with Gasteiger partial charge in [0.1, 0.15) is 17.3 Å². The minimum Gasteiger partial charge on any atom is -0.497 e. The van der Waals surface area contributed by atoms with Crippen LogP contribution < -0.4 is 19.7 Å². The Labute approximate surface area is 158 Å². The number of rotatable bonds is 5. The summed E-state index contributed by atoms with van der Waals surface area (Å²) in [7, 11) is 3.28. The monoisotopic (exact) mass is 362 g/mol. The molecule has 138 valence electrons. The van der Waals surface area contributed by atoms with E-state index in [1.165, 1.54) is 11.3 Å². The summed E-state index contributed by atoms with van der Waals surface area (Å²) >= 11 is 0. The van der Waals surface area contributed by atoms with Gasteiger partial charge in [0.05, 0.1) is 19.9 Å². The molecule has 0 saturated carbocycles. The maximum atomic E-state index is 5.44. The molecule has 0 bridgehead atoms. The number of anilines is 4. The molecule has 1 N–H and O–H groups in total. The maximum absolute atomic E-state index is 5.44. The van der Waals surface area contributed by atoms with Crippen molar-refractivity contribution in [2.45, 2.75) is 19.4 Å². The molecule has 0 fully saturated rings. The minimum atomic E-state index is 0.309. The smallest absolute Gasteiger partial charge is 0.232 e. The van der Waals surface area contributed by atoms with Gasteiger partial charge in [-0.3, -0.25) is 0 Å². The molecule has 6 nitrogen and oxygen atoms in total. The summed E-state index contributed by atoms with van der Waals surface area (Å²) < 4.78 is 10.8. The van der Waals surface area contributed by atoms with Crippen molar-refractivity contribution in [2.75, 3.05) is 24.4 Å². The minimum absolute atomic E-state index is 0.309. The molecular weight excluding hydrogens is 340 g/mol. The van der Waals surface area contributed by atoms with Crippen molar-refractivity contribution >= 4 is 23.1 Å². The van der Waals surface area contributed by atoms with E-state index in [9.17, 15) is 0 Å². The molecular formula is C21H22N4O2. The largest absolute Gasteiger partial charge is 0.497 e. The summed E-state index contributed by atoms with van der Waals surface area (Å²) in [6, 6.07) is 16.2. The molecule has 0 spiro atoms. The van der Waals surface area contributed by atoms with Crippen LogP contribution in [0.1, 0.15) is 12.5 Å². The van der Waals surface area contributed by atoms with Crippen molar-refractivity contribution in [3.8, 4) is 11.5 Å². The van der Waals surface area contributed by atoms with E-state index in [0.717, 1.165) is 23.6 Å². The van der Waals surface area contributed by atoms with E-state index in [4.69, 9.17) is 14.5 Å². The summed E-state index contributed by atoms with van der Waals surface area (Å²) in [5.41, 5.74) is 3.28. The van der Waals surface area contributed by atoms with Crippen LogP contribution in [0.2, 0.25) is 0 Å². The highest BCUT2D eigenvalue weighted by Crippen LogP contribution is 2.37. The van der Waals surface area contributed by atoms with Crippen molar-refractivity contribution in [2.24, 2.45) is 0 Å². The third kappa shape index (κ3) is 3.26. The van der Waals surface area contributed by atoms with E-state index >= 15 is 0 Å². The molecule has 1 atom stereocenters. The number of hydrogen-bond acceptors (Lipinski definition) is 6. The van der Waals surface area contributed by atoms with Crippen LogP contribution in [-0.2, 0) is 6.42 Å². The van der Waals surface area contributed by atoms with Gasteiger partial charge in [-0.05, 0) is 43.2 Å². The average Bonchev–Trinajstić information content (AvgIpc) is 3.03. The summed E-state index contributed by atoms with van der Waals surface area (Å²) in [6.45, 7) is 2.19. The lowest BCUT2D eigenvalue weighted by Crippen LogP contribution is -2.25. The number of ether oxygens (including phenoxy) is 2. The third-order valence-electron chi connectivity index (χ3n) is 4.73. The van der Waals surface area contributed by atoms with Crippen LogP contribution in [0, 0.1) is 0 Å². The maximum Gasteiger partial charge on any atom is 0.232 e. The zero-order valence-corrected chi connectivity index (χ0v) is 15.6. The Morgan fingerprint density at radius 1 is 1.07 bits per heavy atom. The first kappa shape index (κ1) is 17.1. The normalized spacial score (nSPS) is 15.4. The van der Waals surface area contributed by atoms with Gasteiger partial charge < -0.3 is 19.7 Å². The lowest BCUT2D eigenvalue weighted by atomic mass is 10.1. The molecule has 0 radical (unpaired) electrons. The molecule has 6 heteroatoms. The van der Waals surface area contributed by atoms with E-state index in [1.54, 1.807) is 20.4 Å². The highest BCUT2D eigenvalue weighted by Gasteiger charge is 2.28. The van der Waals surface area contributed by atoms with Crippen molar-refractivity contribution in [3.05, 3.63) is 60.3 Å². The second-order valence-corrected chi connectivity index (χ2v) is 6.48. The number of nitrogens with zero attached hydrogens (tertiary/aromatic N) is 3. The standard InChI is InChI=1S/C21H22N4O2/c1-14-12-15-6-4-5-7-18(15)25(14)21-22-11-10-20(24-21)23-17-13-16(26-2)8-9-19(17)27-3/h4-11,13-14H,12H2,1-3H3,(H,22,23,24). The van der Waals surface area contributed by atoms with Crippen LogP contribution in [0.3, 0.4) is 0 Å². The fourth-order valence-electron chi connectivity index (χ4n) is 3.45. The van der Waals surface area contributed by atoms with Crippen LogP contribution in [0.25, 0.3) is 0 Å². The summed E-state index contributed by atoms with van der Waals surface area (Å²) in [5.74, 6) is 2.84. The predicted octanol–water partition coefficient (Wildman–Crippen LogP) is 4.32. The van der Waals surface area contributed by atoms with Crippen molar-refractivity contribution in [1.29, 1.82) is 0 Å². The first-order chi connectivity index (χ1) is 13.2. The Morgan fingerprint density at radius 2 is 1.93 bits per heavy atom. The van der Waals surface area contributed by atoms with E-state index in [-0.39, 0.29) is 0 Å². The second kappa shape index (κ2) is 7.15. The lowest BCUT2D eigenvalue weighted by molar-refractivity contribution is 0.405. The topological polar surface area (TPSA) is 59.5 Å². The fraction of sp³-hybridized carbons (Fsp3) is 0.238. The van der Waals surface area contributed by atoms with E-state index in [2.05, 4.69) is 40.3 Å². The Morgan fingerprint density at radius 3 is 2.74 bits per heavy atom. The number of methoxy groups -OCH3 is 2. The van der Waals surface area contributed by atoms with Crippen molar-refractivity contribution in [3.63, 3.8) is 0 Å². The molecule has 0 saturated heterocycles. The number of para-hydroxylation sites is 1. The van der Waals surface area contributed by atoms with Crippen molar-refractivity contribution < 1.29 is 9.47 Å². The molecule has 1 unspecified atom stereocenters. The van der Waals surface area contributed by atoms with E-state index < -0.39 is 0 Å². The summed E-state index contributed by atoms with van der Waals surface area (Å²) in [6.07, 6.45) is 2.76. The van der Waals surface area contributed by atoms with Gasteiger partial charge >= 0.3 is 0 Å². The van der Waals surface area contributed by atoms with Crippen LogP contribution in [0.5, 0.6) is 11.5 Å². The SMILES string of the molecule is COc1ccc(OC)c(Nc2ccnc(N3c4ccccc4CC3C)n2)c1. The predicted molar refractivity (Wildman–Crippen MR) is 107 cm³/mol. The number of benzene rings is 2. The molecule has 2 aromatic carbocycles. The van der Waals surface area contributed by atoms with Gasteiger partial charge in [0, 0.05) is 24.0 Å². The van der Waals surface area contributed by atoms with Gasteiger partial charge in [-0.15, -0.1) is 0 Å². The fourth-order valence-corrected chi connectivity index (χ4v) is 3.45. The quantitative estimate of drug-likeness (QED) is 0.729. The van der Waals surface area contributed by atoms with E-state index in [1.807, 2.05) is 30.3 Å². The molecule has 3 aromatic rings. The zero-order valence-electron chi connectivity index (χ0n) is 15.6. The molecule has 0 amide bonds. The van der Waals surface area contributed by atoms with Gasteiger partial charge in [0.15, 0.2) is 0 Å². The molecule has 1 aliphatic rings. The van der Waals surface area contributed by atoms with Crippen LogP contribution in [0.15, 0.2) is 54.7 Å². The molecule has 4 rings (SSSR count). The Hall–Kier alpha value is -3.28. The zero-order chi connectivity index (χ0) is 18.8. The number of fused-ring (bicyclic) bond motifs is 1. The highest BCUT2D eigenvalue weighted by molar-refractivity contribution is 5.70. The Balaban J connectivity index is 1.66. The first-order valence-corrected chi connectivity index (χ1v) is 8.89. The van der Waals surface area contributed by atoms with Gasteiger partial charge in [-0.1, -0.05) is 18.2 Å². The lowest BCUT2D eigenvalue weighted by Gasteiger charge is -2.23. The number of hydrogen-bond donors (Lipinski definition) is 1. The Bertz CT molecular complexity index is 960. The molecule has 2 heterocycles. The second-order valence-electron chi connectivity index (χ2n) is 6.48. The van der Waals surface area contributed by atoms with Crippen LogP contribution in [-0.4, -0.2) is 30.2 Å². The van der Waals surface area contributed by atoms with Gasteiger partial charge in [-0.2, -0.15) is 4.98 Å². The van der Waals surface area contributed by atoms with Gasteiger partial charge in [0.25, 0.3) is 0 Å². The molecule has 1 aliphatic heterocycles. The van der Waals surface area contributed by atoms with Gasteiger partial charge in [0.2, 0.25) is 5.95 Å². The van der Waals surface area contributed by atoms with Crippen LogP contribution in [0.4, 0.5) is 23.1 Å². The molecule has 0 aliphatic carbocycles. The molecule has 1 aromatic heterocycles. The summed E-state index contributed by atoms with van der Waals surface area (Å²) in [5, 5.41) is 3.32.